The topological polar surface area (TPSA) is 62.3 Å². The first-order chi connectivity index (χ1) is 8.31. The zero-order valence-electron chi connectivity index (χ0n) is 10.4. The Balaban J connectivity index is 2.03. The number of hydrogen-bond acceptors (Lipinski definition) is 4. The van der Waals surface area contributed by atoms with E-state index in [4.69, 9.17) is 15.2 Å². The predicted octanol–water partition coefficient (Wildman–Crippen LogP) is 1.04. The Hall–Kier alpha value is -1.07. The van der Waals surface area contributed by atoms with Gasteiger partial charge in [-0.2, -0.15) is 5.10 Å². The maximum atomic E-state index is 5.75. The van der Waals surface area contributed by atoms with E-state index in [9.17, 15) is 0 Å². The van der Waals surface area contributed by atoms with Gasteiger partial charge >= 0.3 is 0 Å². The third-order valence-electron chi connectivity index (χ3n) is 3.04. The van der Waals surface area contributed by atoms with Crippen LogP contribution in [0.3, 0.4) is 0 Å². The van der Waals surface area contributed by atoms with Crippen molar-refractivity contribution in [3.63, 3.8) is 0 Å². The Morgan fingerprint density at radius 2 is 2.29 bits per heavy atom. The Morgan fingerprint density at radius 1 is 1.53 bits per heavy atom. The standard InChI is InChI=1S/C12H21N3O2/c1-15-9-11(17-6-2-5-13)12(14-15)10-3-7-16-8-4-10/h9-10H,2-8,13H2,1H3. The fourth-order valence-corrected chi connectivity index (χ4v) is 2.11. The average Bonchev–Trinajstić information content (AvgIpc) is 2.72. The Morgan fingerprint density at radius 3 is 3.00 bits per heavy atom. The summed E-state index contributed by atoms with van der Waals surface area (Å²) in [5.41, 5.74) is 6.54. The second kappa shape index (κ2) is 6.02. The van der Waals surface area contributed by atoms with Crippen LogP contribution in [0.4, 0.5) is 0 Å². The smallest absolute Gasteiger partial charge is 0.160 e. The maximum absolute atomic E-state index is 5.75. The lowest BCUT2D eigenvalue weighted by atomic mass is 9.96. The molecule has 1 saturated heterocycles. The van der Waals surface area contributed by atoms with Gasteiger partial charge in [0.1, 0.15) is 5.69 Å². The van der Waals surface area contributed by atoms with E-state index in [1.165, 1.54) is 0 Å². The fourth-order valence-electron chi connectivity index (χ4n) is 2.11. The van der Waals surface area contributed by atoms with Crippen LogP contribution in [0.5, 0.6) is 5.75 Å². The van der Waals surface area contributed by atoms with Crippen LogP contribution >= 0.6 is 0 Å². The van der Waals surface area contributed by atoms with Crippen molar-refractivity contribution in [2.45, 2.75) is 25.2 Å². The molecule has 1 fully saturated rings. The maximum Gasteiger partial charge on any atom is 0.160 e. The largest absolute Gasteiger partial charge is 0.490 e. The number of rotatable bonds is 5. The third-order valence-corrected chi connectivity index (χ3v) is 3.04. The van der Waals surface area contributed by atoms with Crippen LogP contribution in [0.2, 0.25) is 0 Å². The van der Waals surface area contributed by atoms with E-state index in [0.29, 0.717) is 19.1 Å². The molecule has 1 aromatic heterocycles. The number of ether oxygens (including phenoxy) is 2. The second-order valence-electron chi connectivity index (χ2n) is 4.43. The molecule has 2 rings (SSSR count). The third kappa shape index (κ3) is 3.20. The molecule has 1 aliphatic rings. The SMILES string of the molecule is Cn1cc(OCCCN)c(C2CCOCC2)n1. The molecule has 0 radical (unpaired) electrons. The minimum absolute atomic E-state index is 0.470. The van der Waals surface area contributed by atoms with Gasteiger partial charge in [0, 0.05) is 26.2 Å². The average molecular weight is 239 g/mol. The van der Waals surface area contributed by atoms with E-state index in [2.05, 4.69) is 5.10 Å². The number of hydrogen-bond donors (Lipinski definition) is 1. The number of aryl methyl sites for hydroxylation is 1. The zero-order valence-corrected chi connectivity index (χ0v) is 10.4. The van der Waals surface area contributed by atoms with Gasteiger partial charge in [-0.1, -0.05) is 0 Å². The molecule has 2 heterocycles. The zero-order chi connectivity index (χ0) is 12.1. The van der Waals surface area contributed by atoms with Crippen LogP contribution in [-0.2, 0) is 11.8 Å². The van der Waals surface area contributed by atoms with E-state index in [-0.39, 0.29) is 0 Å². The van der Waals surface area contributed by atoms with E-state index < -0.39 is 0 Å². The summed E-state index contributed by atoms with van der Waals surface area (Å²) in [5, 5.41) is 4.52. The molecule has 96 valence electrons. The first-order valence-corrected chi connectivity index (χ1v) is 6.25. The highest BCUT2D eigenvalue weighted by molar-refractivity contribution is 5.28. The van der Waals surface area contributed by atoms with Crippen molar-refractivity contribution in [3.05, 3.63) is 11.9 Å². The van der Waals surface area contributed by atoms with E-state index >= 15 is 0 Å². The van der Waals surface area contributed by atoms with Crippen LogP contribution in [0.1, 0.15) is 30.9 Å². The first kappa shape index (κ1) is 12.4. The van der Waals surface area contributed by atoms with Crippen molar-refractivity contribution in [3.8, 4) is 5.75 Å². The Kier molecular flexibility index (Phi) is 4.39. The molecule has 0 spiro atoms. The van der Waals surface area contributed by atoms with E-state index in [1.807, 2.05) is 17.9 Å². The number of nitrogens with two attached hydrogens (primary N) is 1. The normalized spacial score (nSPS) is 17.3. The van der Waals surface area contributed by atoms with Gasteiger partial charge in [-0.05, 0) is 25.8 Å². The number of aromatic nitrogens is 2. The summed E-state index contributed by atoms with van der Waals surface area (Å²) < 4.78 is 12.9. The van der Waals surface area contributed by atoms with Crippen molar-refractivity contribution >= 4 is 0 Å². The lowest BCUT2D eigenvalue weighted by Gasteiger charge is -2.21. The van der Waals surface area contributed by atoms with Crippen LogP contribution in [-0.4, -0.2) is 36.1 Å². The highest BCUT2D eigenvalue weighted by Crippen LogP contribution is 2.32. The van der Waals surface area contributed by atoms with Crippen LogP contribution < -0.4 is 10.5 Å². The molecule has 5 heteroatoms. The van der Waals surface area contributed by atoms with Crippen molar-refractivity contribution < 1.29 is 9.47 Å². The molecule has 2 N–H and O–H groups in total. The minimum Gasteiger partial charge on any atom is -0.490 e. The van der Waals surface area contributed by atoms with Gasteiger partial charge in [-0.3, -0.25) is 4.68 Å². The summed E-state index contributed by atoms with van der Waals surface area (Å²) in [4.78, 5) is 0. The lowest BCUT2D eigenvalue weighted by Crippen LogP contribution is -2.15. The van der Waals surface area contributed by atoms with Gasteiger partial charge in [0.05, 0.1) is 12.8 Å². The molecule has 1 aromatic rings. The quantitative estimate of drug-likeness (QED) is 0.780. The summed E-state index contributed by atoms with van der Waals surface area (Å²) >= 11 is 0. The summed E-state index contributed by atoms with van der Waals surface area (Å²) in [6.45, 7) is 2.97. The molecule has 0 aliphatic carbocycles. The molecular weight excluding hydrogens is 218 g/mol. The second-order valence-corrected chi connectivity index (χ2v) is 4.43. The minimum atomic E-state index is 0.470. The van der Waals surface area contributed by atoms with Gasteiger partial charge in [0.25, 0.3) is 0 Å². The molecule has 1 aliphatic heterocycles. The predicted molar refractivity (Wildman–Crippen MR) is 65.2 cm³/mol. The van der Waals surface area contributed by atoms with Gasteiger partial charge in [0.15, 0.2) is 5.75 Å². The number of nitrogens with zero attached hydrogens (tertiary/aromatic N) is 2. The van der Waals surface area contributed by atoms with Crippen LogP contribution in [0.15, 0.2) is 6.20 Å². The summed E-state index contributed by atoms with van der Waals surface area (Å²) in [5.74, 6) is 1.38. The molecule has 0 amide bonds. The Bertz CT molecular complexity index is 346. The molecule has 0 aromatic carbocycles. The van der Waals surface area contributed by atoms with Crippen molar-refractivity contribution in [1.82, 2.24) is 9.78 Å². The highest BCUT2D eigenvalue weighted by Gasteiger charge is 2.22. The van der Waals surface area contributed by atoms with Crippen LogP contribution in [0.25, 0.3) is 0 Å². The molecule has 17 heavy (non-hydrogen) atoms. The molecular formula is C12H21N3O2. The first-order valence-electron chi connectivity index (χ1n) is 6.25. The summed E-state index contributed by atoms with van der Waals surface area (Å²) in [6, 6.07) is 0. The molecule has 0 saturated carbocycles. The molecule has 0 atom stereocenters. The van der Waals surface area contributed by atoms with Gasteiger partial charge in [-0.25, -0.2) is 0 Å². The molecule has 0 unspecified atom stereocenters. The van der Waals surface area contributed by atoms with Gasteiger partial charge in [-0.15, -0.1) is 0 Å². The fraction of sp³-hybridized carbons (Fsp3) is 0.750. The van der Waals surface area contributed by atoms with Crippen molar-refractivity contribution in [1.29, 1.82) is 0 Å². The van der Waals surface area contributed by atoms with E-state index in [1.54, 1.807) is 0 Å². The van der Waals surface area contributed by atoms with Crippen LogP contribution in [0, 0.1) is 0 Å². The summed E-state index contributed by atoms with van der Waals surface area (Å²) in [7, 11) is 1.93. The Labute approximate surface area is 102 Å². The molecule has 0 bridgehead atoms. The van der Waals surface area contributed by atoms with Gasteiger partial charge < -0.3 is 15.2 Å². The summed E-state index contributed by atoms with van der Waals surface area (Å²) in [6.07, 6.45) is 4.89. The lowest BCUT2D eigenvalue weighted by molar-refractivity contribution is 0.0837. The van der Waals surface area contributed by atoms with E-state index in [0.717, 1.165) is 43.9 Å². The highest BCUT2D eigenvalue weighted by atomic mass is 16.5. The van der Waals surface area contributed by atoms with Crippen molar-refractivity contribution in [2.24, 2.45) is 12.8 Å². The van der Waals surface area contributed by atoms with Crippen molar-refractivity contribution in [2.75, 3.05) is 26.4 Å². The van der Waals surface area contributed by atoms with Gasteiger partial charge in [0.2, 0.25) is 0 Å². The monoisotopic (exact) mass is 239 g/mol. The molecule has 5 nitrogen and oxygen atoms in total.